The van der Waals surface area contributed by atoms with Gasteiger partial charge in [-0.15, -0.1) is 0 Å². The van der Waals surface area contributed by atoms with E-state index in [-0.39, 0.29) is 29.1 Å². The summed E-state index contributed by atoms with van der Waals surface area (Å²) in [6, 6.07) is 24.1. The molecule has 57 heavy (non-hydrogen) atoms. The van der Waals surface area contributed by atoms with Crippen molar-refractivity contribution < 1.29 is 23.4 Å². The molecule has 7 rings (SSSR count). The molecule has 1 unspecified atom stereocenters. The molecule has 1 saturated carbocycles. The summed E-state index contributed by atoms with van der Waals surface area (Å²) in [4.78, 5) is 47.8. The molecule has 1 saturated heterocycles. The van der Waals surface area contributed by atoms with E-state index in [1.807, 2.05) is 62.6 Å². The van der Waals surface area contributed by atoms with Crippen molar-refractivity contribution in [1.29, 1.82) is 0 Å². The first-order valence-electron chi connectivity index (χ1n) is 20.4. The summed E-state index contributed by atoms with van der Waals surface area (Å²) in [7, 11) is 4.06. The molecule has 3 aromatic carbocycles. The largest absolute Gasteiger partial charge is 0.490 e. The van der Waals surface area contributed by atoms with Crippen LogP contribution in [-0.2, 0) is 16.0 Å². The van der Waals surface area contributed by atoms with Crippen LogP contribution in [0.4, 0.5) is 4.39 Å². The molecule has 0 N–H and O–H groups in total. The van der Waals surface area contributed by atoms with Crippen molar-refractivity contribution in [3.63, 3.8) is 0 Å². The molecule has 0 spiro atoms. The van der Waals surface area contributed by atoms with E-state index < -0.39 is 17.1 Å². The molecule has 1 aliphatic carbocycles. The van der Waals surface area contributed by atoms with Crippen LogP contribution in [0.15, 0.2) is 94.6 Å². The number of halogens is 1. The Morgan fingerprint density at radius 3 is 2.47 bits per heavy atom. The van der Waals surface area contributed by atoms with Crippen LogP contribution in [0.25, 0.3) is 27.8 Å². The molecular weight excluding hydrogens is 724 g/mol. The van der Waals surface area contributed by atoms with Crippen LogP contribution in [0.5, 0.6) is 5.75 Å². The fourth-order valence-corrected chi connectivity index (χ4v) is 8.27. The number of nitrogens with zero attached hydrogens (tertiary/aromatic N) is 4. The van der Waals surface area contributed by atoms with Crippen molar-refractivity contribution >= 4 is 16.8 Å². The number of aromatic nitrogens is 3. The van der Waals surface area contributed by atoms with Gasteiger partial charge in [-0.2, -0.15) is 0 Å². The van der Waals surface area contributed by atoms with Crippen molar-refractivity contribution in [3.05, 3.63) is 123 Å². The molecule has 11 heteroatoms. The SMILES string of the molecule is CN(C)Cc1ccc(-c2cccc(-n3c(=O)n(C4CCC(CCCCC(=O)c5ccccc5OCCOC5CCCCO5)CC4)c(=O)c4cc(F)cnc43)c2)cc1. The van der Waals surface area contributed by atoms with E-state index in [4.69, 9.17) is 14.2 Å². The second kappa shape index (κ2) is 19.0. The number of para-hydroxylation sites is 1. The maximum Gasteiger partial charge on any atom is 0.337 e. The van der Waals surface area contributed by atoms with Gasteiger partial charge in [0.25, 0.3) is 5.56 Å². The molecule has 2 aromatic heterocycles. The highest BCUT2D eigenvalue weighted by Gasteiger charge is 2.27. The van der Waals surface area contributed by atoms with Gasteiger partial charge in [0.15, 0.2) is 17.7 Å². The zero-order chi connectivity index (χ0) is 39.7. The lowest BCUT2D eigenvalue weighted by atomic mass is 9.82. The minimum atomic E-state index is -0.629. The third-order valence-electron chi connectivity index (χ3n) is 11.2. The Morgan fingerprint density at radius 1 is 0.895 bits per heavy atom. The van der Waals surface area contributed by atoms with Crippen molar-refractivity contribution in [1.82, 2.24) is 19.0 Å². The van der Waals surface area contributed by atoms with Gasteiger partial charge in [-0.05, 0) is 118 Å². The number of carbonyl (C=O) groups excluding carboxylic acids is 1. The molecule has 1 aliphatic heterocycles. The Labute approximate surface area is 333 Å². The third kappa shape index (κ3) is 9.95. The molecule has 10 nitrogen and oxygen atoms in total. The molecule has 0 radical (unpaired) electrons. The highest BCUT2D eigenvalue weighted by atomic mass is 19.1. The lowest BCUT2D eigenvalue weighted by molar-refractivity contribution is -0.165. The Kier molecular flexibility index (Phi) is 13.4. The number of rotatable bonds is 16. The van der Waals surface area contributed by atoms with Crippen molar-refractivity contribution in [2.24, 2.45) is 5.92 Å². The summed E-state index contributed by atoms with van der Waals surface area (Å²) in [6.07, 6.45) is 10.0. The van der Waals surface area contributed by atoms with Crippen LogP contribution in [0.2, 0.25) is 0 Å². The van der Waals surface area contributed by atoms with Crippen LogP contribution in [0.3, 0.4) is 0 Å². The lowest BCUT2D eigenvalue weighted by Gasteiger charge is -2.30. The van der Waals surface area contributed by atoms with Gasteiger partial charge in [-0.25, -0.2) is 18.7 Å². The first-order valence-corrected chi connectivity index (χ1v) is 20.4. The van der Waals surface area contributed by atoms with E-state index >= 15 is 0 Å². The zero-order valence-corrected chi connectivity index (χ0v) is 33.0. The van der Waals surface area contributed by atoms with Crippen molar-refractivity contribution in [2.75, 3.05) is 33.9 Å². The van der Waals surface area contributed by atoms with E-state index in [1.165, 1.54) is 20.8 Å². The number of ether oxygens (including phenoxy) is 3. The van der Waals surface area contributed by atoms with Crippen LogP contribution in [0, 0.1) is 11.7 Å². The molecule has 2 fully saturated rings. The first kappa shape index (κ1) is 40.2. The summed E-state index contributed by atoms with van der Waals surface area (Å²) in [5, 5.41) is 0.0779. The predicted molar refractivity (Wildman–Crippen MR) is 220 cm³/mol. The lowest BCUT2D eigenvalue weighted by Crippen LogP contribution is -2.43. The van der Waals surface area contributed by atoms with Gasteiger partial charge in [-0.1, -0.05) is 61.4 Å². The highest BCUT2D eigenvalue weighted by molar-refractivity contribution is 5.98. The zero-order valence-electron chi connectivity index (χ0n) is 33.0. The van der Waals surface area contributed by atoms with Gasteiger partial charge in [-0.3, -0.25) is 14.2 Å². The van der Waals surface area contributed by atoms with Gasteiger partial charge >= 0.3 is 5.69 Å². The fraction of sp³-hybridized carbons (Fsp3) is 0.435. The Bertz CT molecular complexity index is 2250. The highest BCUT2D eigenvalue weighted by Crippen LogP contribution is 2.34. The number of unbranched alkanes of at least 4 members (excludes halogenated alkanes) is 1. The number of carbonyl (C=O) groups is 1. The topological polar surface area (TPSA) is 105 Å². The van der Waals surface area contributed by atoms with E-state index in [2.05, 4.69) is 34.1 Å². The molecule has 0 amide bonds. The van der Waals surface area contributed by atoms with E-state index in [0.29, 0.717) is 55.4 Å². The van der Waals surface area contributed by atoms with Gasteiger partial charge in [0, 0.05) is 25.6 Å². The van der Waals surface area contributed by atoms with Crippen LogP contribution in [0.1, 0.15) is 92.6 Å². The fourth-order valence-electron chi connectivity index (χ4n) is 8.27. The number of benzene rings is 3. The smallest absolute Gasteiger partial charge is 0.337 e. The van der Waals surface area contributed by atoms with Crippen molar-refractivity contribution in [3.8, 4) is 22.6 Å². The second-order valence-corrected chi connectivity index (χ2v) is 15.7. The minimum Gasteiger partial charge on any atom is -0.490 e. The number of ketones is 1. The van der Waals surface area contributed by atoms with E-state index in [0.717, 1.165) is 81.8 Å². The monoisotopic (exact) mass is 776 g/mol. The Balaban J connectivity index is 0.974. The Hall–Kier alpha value is -4.97. The van der Waals surface area contributed by atoms with Crippen LogP contribution < -0.4 is 16.0 Å². The molecule has 5 aromatic rings. The number of hydrogen-bond donors (Lipinski definition) is 0. The molecule has 3 heterocycles. The standard InChI is InChI=1S/C46H53FN4O6/c1-49(2)31-33-17-21-34(22-18-33)35-11-9-12-38(28-35)50-44-40(29-36(47)30-48-44)45(53)51(46(50)54)37-23-19-32(20-24-37)10-3-5-14-41(52)39-13-4-6-15-42(39)55-26-27-57-43-16-7-8-25-56-43/h4,6,9,11-13,15,17-18,21-22,28-30,32,37,43H,3,5,7-8,10,14,16,19-20,23-27,31H2,1-2H3. The average Bonchev–Trinajstić information content (AvgIpc) is 3.22. The van der Waals surface area contributed by atoms with Gasteiger partial charge < -0.3 is 19.1 Å². The molecule has 1 atom stereocenters. The summed E-state index contributed by atoms with van der Waals surface area (Å²) < 4.78 is 34.7. The normalized spacial score (nSPS) is 18.6. The van der Waals surface area contributed by atoms with Crippen LogP contribution in [-0.4, -0.2) is 65.0 Å². The summed E-state index contributed by atoms with van der Waals surface area (Å²) in [6.45, 7) is 2.30. The maximum atomic E-state index is 14.6. The number of fused-ring (bicyclic) bond motifs is 1. The predicted octanol–water partition coefficient (Wildman–Crippen LogP) is 8.51. The molecule has 0 bridgehead atoms. The summed E-state index contributed by atoms with van der Waals surface area (Å²) in [5.41, 5.74) is 3.40. The van der Waals surface area contributed by atoms with Gasteiger partial charge in [0.2, 0.25) is 0 Å². The number of Topliss-reactive ketones (excluding diaryl/α,β-unsaturated/α-hetero) is 1. The van der Waals surface area contributed by atoms with Gasteiger partial charge in [0.1, 0.15) is 18.2 Å². The van der Waals surface area contributed by atoms with Gasteiger partial charge in [0.05, 0.1) is 29.4 Å². The summed E-state index contributed by atoms with van der Waals surface area (Å²) >= 11 is 0. The third-order valence-corrected chi connectivity index (χ3v) is 11.2. The Morgan fingerprint density at radius 2 is 1.70 bits per heavy atom. The molecular formula is C46H53FN4O6. The minimum absolute atomic E-state index is 0.0622. The van der Waals surface area contributed by atoms with Crippen LogP contribution >= 0.6 is 0 Å². The van der Waals surface area contributed by atoms with E-state index in [1.54, 1.807) is 0 Å². The summed E-state index contributed by atoms with van der Waals surface area (Å²) in [5.74, 6) is 0.440. The first-order chi connectivity index (χ1) is 27.7. The molecule has 2 aliphatic rings. The molecule has 300 valence electrons. The quantitative estimate of drug-likeness (QED) is 0.0726. The van der Waals surface area contributed by atoms with Crippen molar-refractivity contribution in [2.45, 2.75) is 89.5 Å². The van der Waals surface area contributed by atoms with E-state index in [9.17, 15) is 18.8 Å². The maximum absolute atomic E-state index is 14.6. The number of hydrogen-bond acceptors (Lipinski definition) is 8. The second-order valence-electron chi connectivity index (χ2n) is 15.7. The number of pyridine rings is 1. The average molecular weight is 777 g/mol.